The van der Waals surface area contributed by atoms with Gasteiger partial charge in [0, 0.05) is 6.54 Å². The Bertz CT molecular complexity index is 787. The van der Waals surface area contributed by atoms with Crippen LogP contribution in [0.15, 0.2) is 48.5 Å². The van der Waals surface area contributed by atoms with Crippen LogP contribution in [0.25, 0.3) is 0 Å². The van der Waals surface area contributed by atoms with Crippen LogP contribution in [-0.4, -0.2) is 31.5 Å². The number of nitrogens with one attached hydrogen (secondary N) is 2. The van der Waals surface area contributed by atoms with Gasteiger partial charge in [0.25, 0.3) is 0 Å². The SMILES string of the molecule is CCOC(=O)c1ccccc1NC(=O)C(=O)NCc1ccc(OC)cc1. The molecule has 26 heavy (non-hydrogen) atoms. The number of para-hydroxylation sites is 1. The summed E-state index contributed by atoms with van der Waals surface area (Å²) in [5.74, 6) is -1.54. The topological polar surface area (TPSA) is 93.7 Å². The van der Waals surface area contributed by atoms with Gasteiger partial charge in [-0.15, -0.1) is 0 Å². The molecule has 2 N–H and O–H groups in total. The third-order valence-electron chi connectivity index (χ3n) is 3.49. The first-order valence-corrected chi connectivity index (χ1v) is 8.03. The minimum absolute atomic E-state index is 0.186. The summed E-state index contributed by atoms with van der Waals surface area (Å²) in [5, 5.41) is 4.95. The van der Waals surface area contributed by atoms with Crippen molar-refractivity contribution in [2.24, 2.45) is 0 Å². The molecule has 0 saturated heterocycles. The maximum absolute atomic E-state index is 12.1. The van der Waals surface area contributed by atoms with Gasteiger partial charge in [-0.2, -0.15) is 0 Å². The smallest absolute Gasteiger partial charge is 0.340 e. The number of esters is 1. The van der Waals surface area contributed by atoms with E-state index in [4.69, 9.17) is 9.47 Å². The van der Waals surface area contributed by atoms with Crippen molar-refractivity contribution >= 4 is 23.5 Å². The fourth-order valence-electron chi connectivity index (χ4n) is 2.16. The summed E-state index contributed by atoms with van der Waals surface area (Å²) in [4.78, 5) is 36.0. The average molecular weight is 356 g/mol. The van der Waals surface area contributed by atoms with Crippen molar-refractivity contribution < 1.29 is 23.9 Å². The number of methoxy groups -OCH3 is 1. The molecule has 2 rings (SSSR count). The van der Waals surface area contributed by atoms with Crippen molar-refractivity contribution in [2.75, 3.05) is 19.0 Å². The zero-order valence-corrected chi connectivity index (χ0v) is 14.6. The van der Waals surface area contributed by atoms with Gasteiger partial charge in [-0.05, 0) is 36.8 Å². The Hall–Kier alpha value is -3.35. The van der Waals surface area contributed by atoms with Crippen molar-refractivity contribution in [3.8, 4) is 5.75 Å². The number of benzene rings is 2. The Morgan fingerprint density at radius 3 is 2.31 bits per heavy atom. The highest BCUT2D eigenvalue weighted by Crippen LogP contribution is 2.16. The summed E-state index contributed by atoms with van der Waals surface area (Å²) in [6.07, 6.45) is 0. The van der Waals surface area contributed by atoms with E-state index in [0.29, 0.717) is 5.75 Å². The van der Waals surface area contributed by atoms with Gasteiger partial charge >= 0.3 is 17.8 Å². The highest BCUT2D eigenvalue weighted by atomic mass is 16.5. The second kappa shape index (κ2) is 9.22. The van der Waals surface area contributed by atoms with Crippen molar-refractivity contribution in [3.63, 3.8) is 0 Å². The number of hydrogen-bond acceptors (Lipinski definition) is 5. The van der Waals surface area contributed by atoms with Gasteiger partial charge in [-0.3, -0.25) is 9.59 Å². The zero-order valence-electron chi connectivity index (χ0n) is 14.6. The molecule has 7 nitrogen and oxygen atoms in total. The van der Waals surface area contributed by atoms with E-state index in [9.17, 15) is 14.4 Å². The number of carbonyl (C=O) groups is 3. The molecule has 7 heteroatoms. The second-order valence-corrected chi connectivity index (χ2v) is 5.25. The number of ether oxygens (including phenoxy) is 2. The summed E-state index contributed by atoms with van der Waals surface area (Å²) in [6.45, 7) is 2.09. The lowest BCUT2D eigenvalue weighted by Crippen LogP contribution is -2.35. The van der Waals surface area contributed by atoms with E-state index in [-0.39, 0.29) is 24.4 Å². The van der Waals surface area contributed by atoms with Gasteiger partial charge in [-0.25, -0.2) is 4.79 Å². The van der Waals surface area contributed by atoms with Gasteiger partial charge in [0.1, 0.15) is 5.75 Å². The first-order chi connectivity index (χ1) is 12.5. The summed E-state index contributed by atoms with van der Waals surface area (Å²) < 4.78 is 9.99. The van der Waals surface area contributed by atoms with Crippen LogP contribution in [0.5, 0.6) is 5.75 Å². The fraction of sp³-hybridized carbons (Fsp3) is 0.211. The quantitative estimate of drug-likeness (QED) is 0.611. The van der Waals surface area contributed by atoms with Crippen LogP contribution < -0.4 is 15.4 Å². The van der Waals surface area contributed by atoms with E-state index in [1.54, 1.807) is 50.4 Å². The number of anilines is 1. The number of amides is 2. The van der Waals surface area contributed by atoms with Crippen LogP contribution in [0.2, 0.25) is 0 Å². The maximum atomic E-state index is 12.1. The molecule has 0 aliphatic carbocycles. The van der Waals surface area contributed by atoms with E-state index < -0.39 is 17.8 Å². The third-order valence-corrected chi connectivity index (χ3v) is 3.49. The fourth-order valence-corrected chi connectivity index (χ4v) is 2.16. The molecular formula is C19H20N2O5. The predicted molar refractivity (Wildman–Crippen MR) is 95.9 cm³/mol. The van der Waals surface area contributed by atoms with Crippen molar-refractivity contribution in [3.05, 3.63) is 59.7 Å². The normalized spacial score (nSPS) is 9.92. The van der Waals surface area contributed by atoms with E-state index in [1.165, 1.54) is 12.1 Å². The highest BCUT2D eigenvalue weighted by molar-refractivity contribution is 6.39. The summed E-state index contributed by atoms with van der Waals surface area (Å²) in [7, 11) is 1.56. The summed E-state index contributed by atoms with van der Waals surface area (Å²) in [6, 6.07) is 13.4. The van der Waals surface area contributed by atoms with Gasteiger partial charge < -0.3 is 20.1 Å². The Balaban J connectivity index is 1.96. The standard InChI is InChI=1S/C19H20N2O5/c1-3-26-19(24)15-6-4-5-7-16(15)21-18(23)17(22)20-12-13-8-10-14(25-2)11-9-13/h4-11H,3,12H2,1-2H3,(H,20,22)(H,21,23). The molecular weight excluding hydrogens is 336 g/mol. The van der Waals surface area contributed by atoms with Crippen molar-refractivity contribution in [1.29, 1.82) is 0 Å². The summed E-state index contributed by atoms with van der Waals surface area (Å²) >= 11 is 0. The van der Waals surface area contributed by atoms with Crippen LogP contribution in [-0.2, 0) is 20.9 Å². The van der Waals surface area contributed by atoms with Gasteiger partial charge in [0.05, 0.1) is 25.0 Å². The lowest BCUT2D eigenvalue weighted by atomic mass is 10.1. The van der Waals surface area contributed by atoms with E-state index in [2.05, 4.69) is 10.6 Å². The number of rotatable bonds is 6. The third kappa shape index (κ3) is 5.07. The number of hydrogen-bond donors (Lipinski definition) is 2. The Kier molecular flexibility index (Phi) is 6.73. The van der Waals surface area contributed by atoms with Crippen LogP contribution in [0.4, 0.5) is 5.69 Å². The van der Waals surface area contributed by atoms with Crippen molar-refractivity contribution in [1.82, 2.24) is 5.32 Å². The van der Waals surface area contributed by atoms with Gasteiger partial charge in [0.15, 0.2) is 0 Å². The zero-order chi connectivity index (χ0) is 18.9. The second-order valence-electron chi connectivity index (χ2n) is 5.25. The lowest BCUT2D eigenvalue weighted by Gasteiger charge is -2.10. The number of carbonyl (C=O) groups excluding carboxylic acids is 3. The molecule has 2 aromatic rings. The lowest BCUT2D eigenvalue weighted by molar-refractivity contribution is -0.136. The molecule has 0 aliphatic rings. The monoisotopic (exact) mass is 356 g/mol. The molecule has 0 saturated carbocycles. The molecule has 0 aromatic heterocycles. The average Bonchev–Trinajstić information content (AvgIpc) is 2.67. The molecule has 0 unspecified atom stereocenters. The Morgan fingerprint density at radius 1 is 0.962 bits per heavy atom. The highest BCUT2D eigenvalue weighted by Gasteiger charge is 2.18. The molecule has 136 valence electrons. The molecule has 0 bridgehead atoms. The van der Waals surface area contributed by atoms with Crippen LogP contribution in [0, 0.1) is 0 Å². The van der Waals surface area contributed by atoms with E-state index >= 15 is 0 Å². The van der Waals surface area contributed by atoms with Gasteiger partial charge in [-0.1, -0.05) is 24.3 Å². The molecule has 2 aromatic carbocycles. The molecule has 0 radical (unpaired) electrons. The Morgan fingerprint density at radius 2 is 1.65 bits per heavy atom. The van der Waals surface area contributed by atoms with Gasteiger partial charge in [0.2, 0.25) is 0 Å². The predicted octanol–water partition coefficient (Wildman–Crippen LogP) is 2.13. The Labute approximate surface area is 151 Å². The molecule has 0 atom stereocenters. The minimum Gasteiger partial charge on any atom is -0.497 e. The minimum atomic E-state index is -0.865. The van der Waals surface area contributed by atoms with E-state index in [0.717, 1.165) is 5.56 Å². The molecule has 0 spiro atoms. The van der Waals surface area contributed by atoms with Crippen LogP contribution >= 0.6 is 0 Å². The van der Waals surface area contributed by atoms with Crippen molar-refractivity contribution in [2.45, 2.75) is 13.5 Å². The summed E-state index contributed by atoms with van der Waals surface area (Å²) in [5.41, 5.74) is 1.22. The first-order valence-electron chi connectivity index (χ1n) is 8.03. The first kappa shape index (κ1) is 19.0. The largest absolute Gasteiger partial charge is 0.497 e. The molecule has 0 fully saturated rings. The molecule has 0 aliphatic heterocycles. The van der Waals surface area contributed by atoms with Crippen LogP contribution in [0.1, 0.15) is 22.8 Å². The van der Waals surface area contributed by atoms with E-state index in [1.807, 2.05) is 0 Å². The van der Waals surface area contributed by atoms with Crippen LogP contribution in [0.3, 0.4) is 0 Å². The molecule has 0 heterocycles. The molecule has 2 amide bonds. The maximum Gasteiger partial charge on any atom is 0.340 e.